The van der Waals surface area contributed by atoms with Gasteiger partial charge in [0.1, 0.15) is 0 Å². The second kappa shape index (κ2) is 15.0. The van der Waals surface area contributed by atoms with Crippen LogP contribution in [0.25, 0.3) is 10.8 Å². The molecule has 0 atom stereocenters. The van der Waals surface area contributed by atoms with E-state index >= 15 is 0 Å². The summed E-state index contributed by atoms with van der Waals surface area (Å²) >= 11 is 1.46. The average molecular weight is 537 g/mol. The molecule has 0 aliphatic heterocycles. The number of benzene rings is 3. The Morgan fingerprint density at radius 2 is 1.28 bits per heavy atom. The molecule has 4 aromatic rings. The van der Waals surface area contributed by atoms with Crippen LogP contribution >= 0.6 is 0 Å². The van der Waals surface area contributed by atoms with Gasteiger partial charge in [-0.05, 0) is 0 Å². The normalized spacial score (nSPS) is 11.4. The van der Waals surface area contributed by atoms with Gasteiger partial charge >= 0.3 is 99.2 Å². The maximum Gasteiger partial charge on any atom is -0.0809 e. The molecule has 162 valence electrons. The van der Waals surface area contributed by atoms with Crippen LogP contribution in [0, 0.1) is 6.08 Å². The van der Waals surface area contributed by atoms with Gasteiger partial charge in [0.15, 0.2) is 0 Å². The summed E-state index contributed by atoms with van der Waals surface area (Å²) in [5.74, 6) is 0. The molecule has 1 aliphatic rings. The van der Waals surface area contributed by atoms with E-state index in [0.717, 1.165) is 6.42 Å². The van der Waals surface area contributed by atoms with Gasteiger partial charge in [0, 0.05) is 0 Å². The molecule has 0 N–H and O–H groups in total. The monoisotopic (exact) mass is 534 g/mol. The summed E-state index contributed by atoms with van der Waals surface area (Å²) in [6, 6.07) is 35.8. The minimum atomic E-state index is 0. The molecule has 5 rings (SSSR count). The molecule has 0 amide bonds. The standard InChI is InChI=1S/C13H10.C9H7.C7H9.2ClH.Zr/c1-3-7-12(8-4-1)11-13-9-5-2-6-10-13;1-2-5-9-7-3-6-8(9)4-1;1-6-4-3-5-7(6)2;;;/h1-10H;1-7H;4H,3H2,1-2H3;2*1H;/q;2*-1;;;+2/p-2. The van der Waals surface area contributed by atoms with E-state index in [9.17, 15) is 0 Å². The van der Waals surface area contributed by atoms with Crippen molar-refractivity contribution in [2.24, 2.45) is 0 Å². The van der Waals surface area contributed by atoms with Gasteiger partial charge in [0.2, 0.25) is 0 Å². The average Bonchev–Trinajstić information content (AvgIpc) is 3.44. The first-order chi connectivity index (χ1) is 14.6. The molecule has 0 saturated heterocycles. The number of hydrogen-bond acceptors (Lipinski definition) is 0. The first-order valence-electron chi connectivity index (χ1n) is 10.2. The van der Waals surface area contributed by atoms with Gasteiger partial charge in [-0.15, -0.1) is 43.0 Å². The smallest absolute Gasteiger partial charge is 0.0809 e. The summed E-state index contributed by atoms with van der Waals surface area (Å²) in [4.78, 5) is 0. The Kier molecular flexibility index (Phi) is 13.2. The Morgan fingerprint density at radius 3 is 1.72 bits per heavy atom. The van der Waals surface area contributed by atoms with Crippen molar-refractivity contribution in [2.45, 2.75) is 20.3 Å². The van der Waals surface area contributed by atoms with Crippen LogP contribution in [0.2, 0.25) is 0 Å². The first kappa shape index (κ1) is 28.1. The molecule has 1 aliphatic carbocycles. The fraction of sp³-hybridized carbons (Fsp3) is 0.103. The van der Waals surface area contributed by atoms with Crippen molar-refractivity contribution in [3.63, 3.8) is 0 Å². The Bertz CT molecular complexity index is 1050. The molecule has 0 heterocycles. The third kappa shape index (κ3) is 8.55. The fourth-order valence-electron chi connectivity index (χ4n) is 3.10. The topological polar surface area (TPSA) is 0 Å². The summed E-state index contributed by atoms with van der Waals surface area (Å²) in [5.41, 5.74) is 5.37. The molecule has 3 heteroatoms. The summed E-state index contributed by atoms with van der Waals surface area (Å²) in [7, 11) is 0. The van der Waals surface area contributed by atoms with Gasteiger partial charge in [-0.2, -0.15) is 23.6 Å². The van der Waals surface area contributed by atoms with Gasteiger partial charge in [-0.25, -0.2) is 11.1 Å². The zero-order chi connectivity index (χ0) is 21.2. The predicted octanol–water partition coefficient (Wildman–Crippen LogP) is 1.45. The van der Waals surface area contributed by atoms with Crippen molar-refractivity contribution in [3.8, 4) is 0 Å². The van der Waals surface area contributed by atoms with Crippen LogP contribution in [0.3, 0.4) is 0 Å². The SMILES string of the molecule is CC1=[C-]CC=C1C.[Cl-].[Cl-].[Zr+2]=[C](c1ccccc1)c1ccccc1.c1ccc2[cH-]ccc2c1. The Labute approximate surface area is 219 Å². The van der Waals surface area contributed by atoms with Gasteiger partial charge in [-0.1, -0.05) is 13.0 Å². The van der Waals surface area contributed by atoms with Crippen molar-refractivity contribution in [1.82, 2.24) is 0 Å². The van der Waals surface area contributed by atoms with E-state index in [0.29, 0.717) is 0 Å². The van der Waals surface area contributed by atoms with Crippen molar-refractivity contribution in [2.75, 3.05) is 0 Å². The van der Waals surface area contributed by atoms with Crippen molar-refractivity contribution in [1.29, 1.82) is 0 Å². The number of rotatable bonds is 2. The maximum atomic E-state index is 3.19. The number of halogens is 2. The van der Waals surface area contributed by atoms with E-state index in [1.807, 2.05) is 0 Å². The maximum absolute atomic E-state index is 3.19. The zero-order valence-electron chi connectivity index (χ0n) is 18.4. The third-order valence-corrected chi connectivity index (χ3v) is 6.46. The zero-order valence-corrected chi connectivity index (χ0v) is 22.3. The fourth-order valence-corrected chi connectivity index (χ4v) is 3.92. The second-order valence-corrected chi connectivity index (χ2v) is 8.38. The van der Waals surface area contributed by atoms with E-state index < -0.39 is 0 Å². The van der Waals surface area contributed by atoms with Crippen LogP contribution in [0.4, 0.5) is 0 Å². The van der Waals surface area contributed by atoms with Crippen LogP contribution in [0.15, 0.2) is 120 Å². The molecule has 0 aromatic heterocycles. The molecule has 32 heavy (non-hydrogen) atoms. The first-order valence-corrected chi connectivity index (χ1v) is 11.4. The van der Waals surface area contributed by atoms with Crippen LogP contribution in [0.1, 0.15) is 31.4 Å². The molecule has 0 nitrogen and oxygen atoms in total. The van der Waals surface area contributed by atoms with E-state index in [2.05, 4.69) is 129 Å². The molecule has 0 unspecified atom stereocenters. The molecular formula is C29H26Cl2Zr-2. The summed E-state index contributed by atoms with van der Waals surface area (Å²) in [6.45, 7) is 4.22. The number of fused-ring (bicyclic) bond motifs is 1. The predicted molar refractivity (Wildman–Crippen MR) is 126 cm³/mol. The van der Waals surface area contributed by atoms with Crippen LogP contribution < -0.4 is 24.8 Å². The molecule has 0 bridgehead atoms. The van der Waals surface area contributed by atoms with E-state index in [-0.39, 0.29) is 24.8 Å². The number of hydrogen-bond donors (Lipinski definition) is 0. The van der Waals surface area contributed by atoms with Gasteiger partial charge in [0.05, 0.1) is 0 Å². The van der Waals surface area contributed by atoms with Gasteiger partial charge < -0.3 is 24.8 Å². The minimum Gasteiger partial charge on any atom is -0.168 e. The Hall–Kier alpha value is -1.92. The molecule has 0 saturated carbocycles. The summed E-state index contributed by atoms with van der Waals surface area (Å²) in [6.07, 6.45) is 6.41. The van der Waals surface area contributed by atoms with Crippen molar-refractivity contribution >= 4 is 14.0 Å². The van der Waals surface area contributed by atoms with Crippen LogP contribution in [-0.2, 0) is 24.2 Å². The molecule has 4 aromatic carbocycles. The van der Waals surface area contributed by atoms with Crippen LogP contribution in [0.5, 0.6) is 0 Å². The third-order valence-electron chi connectivity index (χ3n) is 5.04. The minimum absolute atomic E-state index is 0. The molecule has 0 spiro atoms. The van der Waals surface area contributed by atoms with Gasteiger partial charge in [-0.3, -0.25) is 6.08 Å². The Balaban J connectivity index is 0.000000248. The van der Waals surface area contributed by atoms with Gasteiger partial charge in [0.25, 0.3) is 0 Å². The summed E-state index contributed by atoms with van der Waals surface area (Å²) in [5, 5.41) is 2.66. The second-order valence-electron chi connectivity index (χ2n) is 7.15. The largest absolute Gasteiger partial charge is 0.168 e. The molecule has 0 radical (unpaired) electrons. The summed E-state index contributed by atoms with van der Waals surface area (Å²) < 4.78 is 1.42. The van der Waals surface area contributed by atoms with Crippen molar-refractivity contribution in [3.05, 3.63) is 138 Å². The van der Waals surface area contributed by atoms with E-state index in [1.165, 1.54) is 60.5 Å². The number of allylic oxidation sites excluding steroid dienone is 4. The Morgan fingerprint density at radius 1 is 0.750 bits per heavy atom. The van der Waals surface area contributed by atoms with Crippen molar-refractivity contribution < 1.29 is 49.0 Å². The molecular weight excluding hydrogens is 510 g/mol. The van der Waals surface area contributed by atoms with E-state index in [1.54, 1.807) is 0 Å². The van der Waals surface area contributed by atoms with E-state index in [4.69, 9.17) is 0 Å². The van der Waals surface area contributed by atoms with Crippen LogP contribution in [-0.4, -0.2) is 3.21 Å². The quantitative estimate of drug-likeness (QED) is 0.341. The molecule has 0 fully saturated rings.